The van der Waals surface area contributed by atoms with Crippen LogP contribution in [-0.2, 0) is 4.79 Å². The molecule has 2 aliphatic rings. The summed E-state index contributed by atoms with van der Waals surface area (Å²) in [5.41, 5.74) is 0. The molecule has 2 rings (SSSR count). The van der Waals surface area contributed by atoms with Crippen molar-refractivity contribution in [2.24, 2.45) is 11.8 Å². The van der Waals surface area contributed by atoms with Crippen LogP contribution in [0.15, 0.2) is 0 Å². The van der Waals surface area contributed by atoms with E-state index in [1.54, 1.807) is 0 Å². The highest BCUT2D eigenvalue weighted by Crippen LogP contribution is 2.29. The van der Waals surface area contributed by atoms with Gasteiger partial charge in [-0.1, -0.05) is 19.8 Å². The van der Waals surface area contributed by atoms with Gasteiger partial charge in [-0.05, 0) is 12.8 Å². The minimum Gasteiger partial charge on any atom is -0.313 e. The molecule has 12 heavy (non-hydrogen) atoms. The van der Waals surface area contributed by atoms with Gasteiger partial charge in [0.05, 0.1) is 0 Å². The lowest BCUT2D eigenvalue weighted by Crippen LogP contribution is -2.51. The first-order chi connectivity index (χ1) is 5.79. The molecule has 0 aromatic rings. The number of carbonyl (C=O) groups excluding carboxylic acids is 1. The number of hydrogen-bond acceptors (Lipinski definition) is 2. The maximum absolute atomic E-state index is 11.7. The second-order valence-corrected chi connectivity index (χ2v) is 4.21. The number of nitrogens with one attached hydrogen (secondary N) is 1. The second-order valence-electron chi connectivity index (χ2n) is 4.21. The van der Waals surface area contributed by atoms with Gasteiger partial charge in [-0.2, -0.15) is 0 Å². The molecule has 0 amide bonds. The Kier molecular flexibility index (Phi) is 2.18. The Morgan fingerprint density at radius 3 is 2.92 bits per heavy atom. The van der Waals surface area contributed by atoms with Gasteiger partial charge in [0.15, 0.2) is 0 Å². The van der Waals surface area contributed by atoms with E-state index in [1.807, 2.05) is 6.92 Å². The van der Waals surface area contributed by atoms with Crippen LogP contribution in [0.5, 0.6) is 0 Å². The fourth-order valence-electron chi connectivity index (χ4n) is 2.51. The van der Waals surface area contributed by atoms with E-state index < -0.39 is 0 Å². The molecule has 2 fully saturated rings. The molecule has 1 aliphatic heterocycles. The third-order valence-corrected chi connectivity index (χ3v) is 3.30. The number of hydrogen-bond donors (Lipinski definition) is 1. The van der Waals surface area contributed by atoms with Gasteiger partial charge in [-0.15, -0.1) is 0 Å². The largest absolute Gasteiger partial charge is 0.313 e. The molecule has 1 N–H and O–H groups in total. The lowest BCUT2D eigenvalue weighted by Gasteiger charge is -2.37. The molecular weight excluding hydrogens is 150 g/mol. The van der Waals surface area contributed by atoms with Gasteiger partial charge in [-0.3, -0.25) is 4.79 Å². The smallest absolute Gasteiger partial charge is 0.141 e. The van der Waals surface area contributed by atoms with Crippen molar-refractivity contribution in [1.82, 2.24) is 5.32 Å². The predicted octanol–water partition coefficient (Wildman–Crippen LogP) is 1.35. The van der Waals surface area contributed by atoms with Crippen LogP contribution in [0.1, 0.15) is 32.6 Å². The average Bonchev–Trinajstić information content (AvgIpc) is 2.12. The van der Waals surface area contributed by atoms with E-state index in [4.69, 9.17) is 0 Å². The highest BCUT2D eigenvalue weighted by Gasteiger charge is 2.36. The summed E-state index contributed by atoms with van der Waals surface area (Å²) >= 11 is 0. The minimum atomic E-state index is 0.254. The Morgan fingerprint density at radius 1 is 1.33 bits per heavy atom. The average molecular weight is 167 g/mol. The first-order valence-electron chi connectivity index (χ1n) is 5.06. The van der Waals surface area contributed by atoms with Crippen LogP contribution < -0.4 is 5.32 Å². The Balaban J connectivity index is 2.08. The van der Waals surface area contributed by atoms with Crippen LogP contribution in [0.2, 0.25) is 0 Å². The number of ketones is 1. The number of fused-ring (bicyclic) bond motifs is 1. The maximum atomic E-state index is 11.7. The summed E-state index contributed by atoms with van der Waals surface area (Å²) in [6.45, 7) is 2.94. The van der Waals surface area contributed by atoms with Crippen molar-refractivity contribution in [2.75, 3.05) is 6.54 Å². The summed E-state index contributed by atoms with van der Waals surface area (Å²) in [5.74, 6) is 1.12. The van der Waals surface area contributed by atoms with Gasteiger partial charge in [0.1, 0.15) is 5.78 Å². The first kappa shape index (κ1) is 8.24. The van der Waals surface area contributed by atoms with Gasteiger partial charge in [-0.25, -0.2) is 0 Å². The van der Waals surface area contributed by atoms with E-state index in [0.29, 0.717) is 17.7 Å². The number of piperidine rings is 1. The third kappa shape index (κ3) is 1.28. The van der Waals surface area contributed by atoms with Crippen LogP contribution in [0.4, 0.5) is 0 Å². The zero-order chi connectivity index (χ0) is 8.55. The molecule has 2 nitrogen and oxygen atoms in total. The lowest BCUT2D eigenvalue weighted by molar-refractivity contribution is -0.130. The highest BCUT2D eigenvalue weighted by molar-refractivity contribution is 5.84. The summed E-state index contributed by atoms with van der Waals surface area (Å²) < 4.78 is 0. The monoisotopic (exact) mass is 167 g/mol. The Morgan fingerprint density at radius 2 is 2.08 bits per heavy atom. The topological polar surface area (TPSA) is 29.1 Å². The molecule has 1 aliphatic carbocycles. The number of carbonyl (C=O) groups is 1. The summed E-state index contributed by atoms with van der Waals surface area (Å²) in [5, 5.41) is 3.48. The van der Waals surface area contributed by atoms with Crippen molar-refractivity contribution in [2.45, 2.75) is 38.6 Å². The fourth-order valence-corrected chi connectivity index (χ4v) is 2.51. The maximum Gasteiger partial charge on any atom is 0.141 e. The molecule has 0 radical (unpaired) electrons. The molecule has 1 saturated carbocycles. The van der Waals surface area contributed by atoms with Crippen molar-refractivity contribution >= 4 is 5.78 Å². The predicted molar refractivity (Wildman–Crippen MR) is 47.9 cm³/mol. The van der Waals surface area contributed by atoms with Crippen LogP contribution in [0.25, 0.3) is 0 Å². The summed E-state index contributed by atoms with van der Waals surface area (Å²) in [4.78, 5) is 11.7. The Bertz CT molecular complexity index is 190. The molecule has 0 spiro atoms. The molecule has 1 saturated heterocycles. The van der Waals surface area contributed by atoms with Crippen molar-refractivity contribution in [3.05, 3.63) is 0 Å². The molecule has 1 heterocycles. The first-order valence-corrected chi connectivity index (χ1v) is 5.06. The quantitative estimate of drug-likeness (QED) is 0.590. The summed E-state index contributed by atoms with van der Waals surface area (Å²) in [7, 11) is 0. The standard InChI is InChI=1S/C10H17NO/c1-7-6-11-9-5-3-2-4-8(9)10(7)12/h7-9,11H,2-6H2,1H3. The van der Waals surface area contributed by atoms with Gasteiger partial charge < -0.3 is 5.32 Å². The van der Waals surface area contributed by atoms with Crippen LogP contribution >= 0.6 is 0 Å². The van der Waals surface area contributed by atoms with Crippen molar-refractivity contribution < 1.29 is 4.79 Å². The van der Waals surface area contributed by atoms with Crippen molar-refractivity contribution in [1.29, 1.82) is 0 Å². The van der Waals surface area contributed by atoms with Gasteiger partial charge in [0, 0.05) is 24.4 Å². The lowest BCUT2D eigenvalue weighted by atomic mass is 9.76. The number of Topliss-reactive ketones (excluding diaryl/α,β-unsaturated/α-hetero) is 1. The third-order valence-electron chi connectivity index (χ3n) is 3.30. The normalized spacial score (nSPS) is 42.4. The van der Waals surface area contributed by atoms with Crippen molar-refractivity contribution in [3.63, 3.8) is 0 Å². The number of rotatable bonds is 0. The van der Waals surface area contributed by atoms with E-state index in [2.05, 4.69) is 5.32 Å². The Hall–Kier alpha value is -0.370. The summed E-state index contributed by atoms with van der Waals surface area (Å²) in [6, 6.07) is 0.516. The van der Waals surface area contributed by atoms with Gasteiger partial charge in [0.2, 0.25) is 0 Å². The van der Waals surface area contributed by atoms with E-state index in [-0.39, 0.29) is 5.92 Å². The van der Waals surface area contributed by atoms with Crippen LogP contribution in [0.3, 0.4) is 0 Å². The molecule has 68 valence electrons. The van der Waals surface area contributed by atoms with E-state index in [0.717, 1.165) is 13.0 Å². The Labute approximate surface area is 73.7 Å². The van der Waals surface area contributed by atoms with E-state index in [9.17, 15) is 4.79 Å². The molecule has 0 aromatic heterocycles. The zero-order valence-electron chi connectivity index (χ0n) is 7.68. The molecule has 0 aromatic carbocycles. The van der Waals surface area contributed by atoms with Crippen LogP contribution in [-0.4, -0.2) is 18.4 Å². The minimum absolute atomic E-state index is 0.254. The summed E-state index contributed by atoms with van der Waals surface area (Å²) in [6.07, 6.45) is 4.89. The SMILES string of the molecule is CC1CNC2CCCCC2C1=O. The molecule has 3 unspecified atom stereocenters. The van der Waals surface area contributed by atoms with Crippen LogP contribution in [0, 0.1) is 11.8 Å². The zero-order valence-corrected chi connectivity index (χ0v) is 7.68. The fraction of sp³-hybridized carbons (Fsp3) is 0.900. The van der Waals surface area contributed by atoms with E-state index in [1.165, 1.54) is 19.3 Å². The van der Waals surface area contributed by atoms with Gasteiger partial charge >= 0.3 is 0 Å². The van der Waals surface area contributed by atoms with Crippen molar-refractivity contribution in [3.8, 4) is 0 Å². The molecule has 3 atom stereocenters. The highest BCUT2D eigenvalue weighted by atomic mass is 16.1. The second kappa shape index (κ2) is 3.17. The molecule has 0 bridgehead atoms. The van der Waals surface area contributed by atoms with E-state index >= 15 is 0 Å². The van der Waals surface area contributed by atoms with Gasteiger partial charge in [0.25, 0.3) is 0 Å². The molecule has 2 heteroatoms. The molecular formula is C10H17NO.